The molecule has 1 heterocycles. The molecule has 0 fully saturated rings. The summed E-state index contributed by atoms with van der Waals surface area (Å²) in [6.45, 7) is 5.91. The minimum Gasteiger partial charge on any atom is -0.388 e. The number of hydrogen-bond donors (Lipinski definition) is 1. The van der Waals surface area contributed by atoms with E-state index in [0.717, 1.165) is 15.9 Å². The maximum absolute atomic E-state index is 14.1. The fourth-order valence-electron chi connectivity index (χ4n) is 2.33. The fourth-order valence-corrected chi connectivity index (χ4v) is 2.78. The van der Waals surface area contributed by atoms with Gasteiger partial charge in [0, 0.05) is 13.0 Å². The summed E-state index contributed by atoms with van der Waals surface area (Å²) in [4.78, 5) is 0. The predicted molar refractivity (Wildman–Crippen MR) is 80.1 cm³/mol. The summed E-state index contributed by atoms with van der Waals surface area (Å²) >= 11 is 3.41. The van der Waals surface area contributed by atoms with Crippen molar-refractivity contribution < 1.29 is 13.9 Å². The smallest absolute Gasteiger partial charge is 0.134 e. The number of nitrogens with zero attached hydrogens (tertiary/aromatic N) is 2. The minimum absolute atomic E-state index is 0.0898. The van der Waals surface area contributed by atoms with Gasteiger partial charge in [0.2, 0.25) is 0 Å². The molecule has 1 N–H and O–H groups in total. The van der Waals surface area contributed by atoms with E-state index in [1.807, 2.05) is 13.8 Å². The van der Waals surface area contributed by atoms with E-state index in [1.165, 1.54) is 12.1 Å². The average molecular weight is 359 g/mol. The third-order valence-corrected chi connectivity index (χ3v) is 4.52. The second-order valence-electron chi connectivity index (χ2n) is 4.97. The molecule has 0 bridgehead atoms. The molecule has 21 heavy (non-hydrogen) atoms. The summed E-state index contributed by atoms with van der Waals surface area (Å²) in [5, 5.41) is 14.6. The SMILES string of the molecule is CCn1nc(C)c(Br)c1CC(O)c1c(F)ccc(C)c1F. The van der Waals surface area contributed by atoms with Crippen molar-refractivity contribution in [3.8, 4) is 0 Å². The maximum atomic E-state index is 14.1. The normalized spacial score (nSPS) is 12.7. The first kappa shape index (κ1) is 16.1. The predicted octanol–water partition coefficient (Wildman–Crippen LogP) is 3.84. The molecule has 1 unspecified atom stereocenters. The van der Waals surface area contributed by atoms with E-state index in [1.54, 1.807) is 11.6 Å². The van der Waals surface area contributed by atoms with Gasteiger partial charge in [-0.1, -0.05) is 6.07 Å². The van der Waals surface area contributed by atoms with E-state index in [4.69, 9.17) is 0 Å². The summed E-state index contributed by atoms with van der Waals surface area (Å²) in [6, 6.07) is 2.53. The summed E-state index contributed by atoms with van der Waals surface area (Å²) < 4.78 is 30.4. The number of aryl methyl sites for hydroxylation is 3. The summed E-state index contributed by atoms with van der Waals surface area (Å²) in [6.07, 6.45) is -1.17. The molecule has 0 saturated heterocycles. The molecule has 0 spiro atoms. The third kappa shape index (κ3) is 3.01. The standard InChI is InChI=1S/C15H17BrF2N2O/c1-4-20-11(14(16)9(3)19-20)7-12(21)13-10(17)6-5-8(2)15(13)18/h5-6,12,21H,4,7H2,1-3H3. The van der Waals surface area contributed by atoms with Gasteiger partial charge in [0.1, 0.15) is 11.6 Å². The zero-order chi connectivity index (χ0) is 15.7. The van der Waals surface area contributed by atoms with Crippen molar-refractivity contribution in [1.82, 2.24) is 9.78 Å². The van der Waals surface area contributed by atoms with E-state index in [9.17, 15) is 13.9 Å². The van der Waals surface area contributed by atoms with Gasteiger partial charge in [0.15, 0.2) is 0 Å². The van der Waals surface area contributed by atoms with Crippen LogP contribution in [0.2, 0.25) is 0 Å². The maximum Gasteiger partial charge on any atom is 0.134 e. The van der Waals surface area contributed by atoms with Crippen LogP contribution in [0.1, 0.15) is 35.5 Å². The lowest BCUT2D eigenvalue weighted by atomic mass is 10.0. The number of benzene rings is 1. The number of hydrogen-bond acceptors (Lipinski definition) is 2. The van der Waals surface area contributed by atoms with Gasteiger partial charge in [-0.15, -0.1) is 0 Å². The number of aromatic nitrogens is 2. The topological polar surface area (TPSA) is 38.0 Å². The molecule has 0 aliphatic heterocycles. The van der Waals surface area contributed by atoms with Crippen LogP contribution in [-0.4, -0.2) is 14.9 Å². The number of aliphatic hydroxyl groups excluding tert-OH is 1. The second-order valence-corrected chi connectivity index (χ2v) is 5.77. The van der Waals surface area contributed by atoms with Crippen molar-refractivity contribution in [2.75, 3.05) is 0 Å². The van der Waals surface area contributed by atoms with Crippen molar-refractivity contribution in [3.63, 3.8) is 0 Å². The first-order valence-corrected chi connectivity index (χ1v) is 7.50. The minimum atomic E-state index is -1.26. The van der Waals surface area contributed by atoms with E-state index in [-0.39, 0.29) is 12.0 Å². The van der Waals surface area contributed by atoms with Crippen molar-refractivity contribution in [2.24, 2.45) is 0 Å². The molecule has 0 aliphatic carbocycles. The van der Waals surface area contributed by atoms with Crippen molar-refractivity contribution >= 4 is 15.9 Å². The van der Waals surface area contributed by atoms with Crippen LogP contribution in [0.5, 0.6) is 0 Å². The molecule has 0 saturated carbocycles. The van der Waals surface area contributed by atoms with Gasteiger partial charge in [-0.05, 0) is 48.3 Å². The van der Waals surface area contributed by atoms with E-state index >= 15 is 0 Å². The largest absolute Gasteiger partial charge is 0.388 e. The monoisotopic (exact) mass is 358 g/mol. The molecule has 0 aliphatic rings. The molecular formula is C15H17BrF2N2O. The number of rotatable bonds is 4. The molecule has 2 rings (SSSR count). The van der Waals surface area contributed by atoms with E-state index in [0.29, 0.717) is 12.1 Å². The van der Waals surface area contributed by atoms with Crippen molar-refractivity contribution in [1.29, 1.82) is 0 Å². The van der Waals surface area contributed by atoms with Crippen LogP contribution >= 0.6 is 15.9 Å². The Morgan fingerprint density at radius 3 is 2.62 bits per heavy atom. The average Bonchev–Trinajstić information content (AvgIpc) is 2.71. The summed E-state index contributed by atoms with van der Waals surface area (Å²) in [5.74, 6) is -1.43. The lowest BCUT2D eigenvalue weighted by Crippen LogP contribution is -2.12. The van der Waals surface area contributed by atoms with Gasteiger partial charge in [0.25, 0.3) is 0 Å². The highest BCUT2D eigenvalue weighted by atomic mass is 79.9. The zero-order valence-electron chi connectivity index (χ0n) is 12.1. The molecule has 0 radical (unpaired) electrons. The Bertz CT molecular complexity index is 670. The second kappa shape index (κ2) is 6.23. The highest BCUT2D eigenvalue weighted by Crippen LogP contribution is 2.29. The van der Waals surface area contributed by atoms with Crippen LogP contribution in [0, 0.1) is 25.5 Å². The first-order chi connectivity index (χ1) is 9.86. The summed E-state index contributed by atoms with van der Waals surface area (Å²) in [5.41, 5.74) is 1.53. The highest BCUT2D eigenvalue weighted by molar-refractivity contribution is 9.10. The Morgan fingerprint density at radius 1 is 1.33 bits per heavy atom. The van der Waals surface area contributed by atoms with Gasteiger partial charge >= 0.3 is 0 Å². The van der Waals surface area contributed by atoms with E-state index < -0.39 is 17.7 Å². The Labute approximate surface area is 130 Å². The van der Waals surface area contributed by atoms with Gasteiger partial charge < -0.3 is 5.11 Å². The van der Waals surface area contributed by atoms with Crippen LogP contribution in [0.4, 0.5) is 8.78 Å². The Balaban J connectivity index is 2.39. The number of halogens is 3. The third-order valence-electron chi connectivity index (χ3n) is 3.49. The van der Waals surface area contributed by atoms with Crippen LogP contribution in [-0.2, 0) is 13.0 Å². The van der Waals surface area contributed by atoms with Gasteiger partial charge in [-0.3, -0.25) is 4.68 Å². The first-order valence-electron chi connectivity index (χ1n) is 6.71. The van der Waals surface area contributed by atoms with Crippen LogP contribution in [0.25, 0.3) is 0 Å². The molecule has 1 aromatic heterocycles. The van der Waals surface area contributed by atoms with Crippen LogP contribution in [0.15, 0.2) is 16.6 Å². The molecule has 6 heteroatoms. The molecule has 1 aromatic carbocycles. The van der Waals surface area contributed by atoms with Crippen LogP contribution < -0.4 is 0 Å². The molecule has 1 atom stereocenters. The van der Waals surface area contributed by atoms with Gasteiger partial charge in [0.05, 0.1) is 27.5 Å². The Kier molecular flexibility index (Phi) is 4.78. The zero-order valence-corrected chi connectivity index (χ0v) is 13.7. The molecule has 2 aromatic rings. The summed E-state index contributed by atoms with van der Waals surface area (Å²) in [7, 11) is 0. The lowest BCUT2D eigenvalue weighted by molar-refractivity contribution is 0.165. The molecule has 0 amide bonds. The lowest BCUT2D eigenvalue weighted by Gasteiger charge is -2.15. The van der Waals surface area contributed by atoms with Crippen molar-refractivity contribution in [2.45, 2.75) is 39.8 Å². The van der Waals surface area contributed by atoms with E-state index in [2.05, 4.69) is 21.0 Å². The molecule has 3 nitrogen and oxygen atoms in total. The van der Waals surface area contributed by atoms with Gasteiger partial charge in [-0.25, -0.2) is 8.78 Å². The van der Waals surface area contributed by atoms with Crippen LogP contribution in [0.3, 0.4) is 0 Å². The fraction of sp³-hybridized carbons (Fsp3) is 0.400. The quantitative estimate of drug-likeness (QED) is 0.901. The molecule has 114 valence electrons. The Hall–Kier alpha value is -1.27. The Morgan fingerprint density at radius 2 is 2.00 bits per heavy atom. The van der Waals surface area contributed by atoms with Crippen molar-refractivity contribution in [3.05, 3.63) is 50.8 Å². The molecular weight excluding hydrogens is 342 g/mol. The highest BCUT2D eigenvalue weighted by Gasteiger charge is 2.23. The number of aliphatic hydroxyl groups is 1. The van der Waals surface area contributed by atoms with Gasteiger partial charge in [-0.2, -0.15) is 5.10 Å².